The molecule has 2 rings (SSSR count). The zero-order valence-corrected chi connectivity index (χ0v) is 13.1. The van der Waals surface area contributed by atoms with Crippen molar-refractivity contribution in [1.29, 1.82) is 0 Å². The number of carbonyl (C=O) groups is 1. The van der Waals surface area contributed by atoms with E-state index in [1.807, 2.05) is 6.92 Å². The van der Waals surface area contributed by atoms with Gasteiger partial charge in [-0.3, -0.25) is 4.79 Å². The van der Waals surface area contributed by atoms with Gasteiger partial charge in [-0.05, 0) is 50.9 Å². The Labute approximate surface area is 127 Å². The van der Waals surface area contributed by atoms with E-state index in [1.165, 1.54) is 0 Å². The van der Waals surface area contributed by atoms with Crippen LogP contribution >= 0.6 is 28.3 Å². The standard InChI is InChI=1S/C13H17BrN2O2.ClH/c1-13(6-2-3-7-15-13)12(18)16-10-8-9(14)4-5-11(10)17;/h4-5,8,15,17H,2-3,6-7H2,1H3,(H,16,18);1H. The molecule has 1 aromatic carbocycles. The van der Waals surface area contributed by atoms with Gasteiger partial charge >= 0.3 is 0 Å². The highest BCUT2D eigenvalue weighted by molar-refractivity contribution is 9.10. The molecule has 1 aliphatic heterocycles. The summed E-state index contributed by atoms with van der Waals surface area (Å²) in [5.41, 5.74) is -0.115. The normalized spacial score (nSPS) is 22.4. The maximum atomic E-state index is 12.3. The second-order valence-corrected chi connectivity index (χ2v) is 5.75. The van der Waals surface area contributed by atoms with Crippen molar-refractivity contribution in [3.8, 4) is 5.75 Å². The molecule has 1 amide bonds. The van der Waals surface area contributed by atoms with Gasteiger partial charge in [0.15, 0.2) is 0 Å². The number of phenols is 1. The predicted molar refractivity (Wildman–Crippen MR) is 81.9 cm³/mol. The zero-order valence-electron chi connectivity index (χ0n) is 10.7. The molecule has 106 valence electrons. The summed E-state index contributed by atoms with van der Waals surface area (Å²) in [7, 11) is 0. The lowest BCUT2D eigenvalue weighted by Crippen LogP contribution is -2.54. The van der Waals surface area contributed by atoms with Crippen LogP contribution in [-0.4, -0.2) is 23.1 Å². The first-order chi connectivity index (χ1) is 8.51. The van der Waals surface area contributed by atoms with Gasteiger partial charge in [0.05, 0.1) is 11.2 Å². The van der Waals surface area contributed by atoms with Crippen LogP contribution in [0.2, 0.25) is 0 Å². The summed E-state index contributed by atoms with van der Waals surface area (Å²) >= 11 is 3.32. The second kappa shape index (κ2) is 6.59. The van der Waals surface area contributed by atoms with Crippen LogP contribution in [0.3, 0.4) is 0 Å². The van der Waals surface area contributed by atoms with Crippen molar-refractivity contribution < 1.29 is 9.90 Å². The number of hydrogen-bond acceptors (Lipinski definition) is 3. The predicted octanol–water partition coefficient (Wildman–Crippen LogP) is 3.05. The van der Waals surface area contributed by atoms with E-state index in [2.05, 4.69) is 26.6 Å². The van der Waals surface area contributed by atoms with E-state index in [1.54, 1.807) is 18.2 Å². The Bertz CT molecular complexity index is 462. The second-order valence-electron chi connectivity index (χ2n) is 4.83. The molecule has 1 heterocycles. The molecule has 3 N–H and O–H groups in total. The summed E-state index contributed by atoms with van der Waals surface area (Å²) in [4.78, 5) is 12.3. The van der Waals surface area contributed by atoms with E-state index < -0.39 is 5.54 Å². The number of piperidine rings is 1. The Hall–Kier alpha value is -0.780. The van der Waals surface area contributed by atoms with Gasteiger partial charge in [0.25, 0.3) is 0 Å². The molecule has 1 fully saturated rings. The number of nitrogens with one attached hydrogen (secondary N) is 2. The molecule has 1 atom stereocenters. The van der Waals surface area contributed by atoms with Crippen LogP contribution in [0.4, 0.5) is 5.69 Å². The Morgan fingerprint density at radius 2 is 2.21 bits per heavy atom. The Kier molecular flexibility index (Phi) is 5.64. The van der Waals surface area contributed by atoms with E-state index in [4.69, 9.17) is 0 Å². The summed E-state index contributed by atoms with van der Waals surface area (Å²) in [6, 6.07) is 4.97. The molecule has 4 nitrogen and oxygen atoms in total. The van der Waals surface area contributed by atoms with Gasteiger partial charge in [-0.2, -0.15) is 0 Å². The Morgan fingerprint density at radius 1 is 1.47 bits per heavy atom. The molecule has 1 unspecified atom stereocenters. The average molecular weight is 350 g/mol. The fraction of sp³-hybridized carbons (Fsp3) is 0.462. The third-order valence-corrected chi connectivity index (χ3v) is 3.82. The van der Waals surface area contributed by atoms with Gasteiger partial charge in [-0.15, -0.1) is 12.4 Å². The maximum absolute atomic E-state index is 12.3. The highest BCUT2D eigenvalue weighted by atomic mass is 79.9. The van der Waals surface area contributed by atoms with E-state index in [9.17, 15) is 9.90 Å². The minimum Gasteiger partial charge on any atom is -0.506 e. The summed E-state index contributed by atoms with van der Waals surface area (Å²) in [5.74, 6) is -0.0263. The number of carbonyl (C=O) groups excluding carboxylic acids is 1. The summed E-state index contributed by atoms with van der Waals surface area (Å²) in [6.07, 6.45) is 2.96. The first kappa shape index (κ1) is 16.3. The van der Waals surface area contributed by atoms with E-state index in [-0.39, 0.29) is 24.1 Å². The van der Waals surface area contributed by atoms with Crippen molar-refractivity contribution in [2.75, 3.05) is 11.9 Å². The highest BCUT2D eigenvalue weighted by Crippen LogP contribution is 2.28. The third kappa shape index (κ3) is 3.84. The minimum atomic E-state index is -0.549. The van der Waals surface area contributed by atoms with Crippen molar-refractivity contribution in [3.05, 3.63) is 22.7 Å². The molecule has 0 saturated carbocycles. The highest BCUT2D eigenvalue weighted by Gasteiger charge is 2.34. The van der Waals surface area contributed by atoms with Crippen molar-refractivity contribution in [1.82, 2.24) is 5.32 Å². The third-order valence-electron chi connectivity index (χ3n) is 3.33. The quantitative estimate of drug-likeness (QED) is 0.719. The Morgan fingerprint density at radius 3 is 2.84 bits per heavy atom. The Balaban J connectivity index is 0.00000180. The van der Waals surface area contributed by atoms with Gasteiger partial charge in [0, 0.05) is 4.47 Å². The molecule has 0 radical (unpaired) electrons. The monoisotopic (exact) mass is 348 g/mol. The smallest absolute Gasteiger partial charge is 0.244 e. The van der Waals surface area contributed by atoms with Crippen LogP contribution in [0.15, 0.2) is 22.7 Å². The fourth-order valence-electron chi connectivity index (χ4n) is 2.12. The molecule has 1 aromatic rings. The number of amides is 1. The molecule has 1 saturated heterocycles. The SMILES string of the molecule is CC1(C(=O)Nc2cc(Br)ccc2O)CCCCN1.Cl. The van der Waals surface area contributed by atoms with Crippen molar-refractivity contribution in [2.45, 2.75) is 31.7 Å². The van der Waals surface area contributed by atoms with Crippen LogP contribution in [-0.2, 0) is 4.79 Å². The van der Waals surface area contributed by atoms with Crippen LogP contribution < -0.4 is 10.6 Å². The molecule has 0 aromatic heterocycles. The van der Waals surface area contributed by atoms with Crippen molar-refractivity contribution in [3.63, 3.8) is 0 Å². The van der Waals surface area contributed by atoms with E-state index >= 15 is 0 Å². The lowest BCUT2D eigenvalue weighted by atomic mass is 9.90. The molecule has 19 heavy (non-hydrogen) atoms. The van der Waals surface area contributed by atoms with E-state index in [0.29, 0.717) is 5.69 Å². The van der Waals surface area contributed by atoms with Gasteiger partial charge < -0.3 is 15.7 Å². The molecular formula is C13H18BrClN2O2. The molecule has 6 heteroatoms. The van der Waals surface area contributed by atoms with Crippen LogP contribution in [0.1, 0.15) is 26.2 Å². The van der Waals surface area contributed by atoms with Crippen molar-refractivity contribution in [2.24, 2.45) is 0 Å². The molecule has 1 aliphatic rings. The van der Waals surface area contributed by atoms with Gasteiger partial charge in [0.1, 0.15) is 5.75 Å². The number of aromatic hydroxyl groups is 1. The molecular weight excluding hydrogens is 332 g/mol. The zero-order chi connectivity index (χ0) is 13.2. The van der Waals surface area contributed by atoms with Crippen LogP contribution in [0.5, 0.6) is 5.75 Å². The lowest BCUT2D eigenvalue weighted by Gasteiger charge is -2.33. The average Bonchev–Trinajstić information content (AvgIpc) is 2.35. The number of hydrogen-bond donors (Lipinski definition) is 3. The van der Waals surface area contributed by atoms with Gasteiger partial charge in [-0.1, -0.05) is 15.9 Å². The topological polar surface area (TPSA) is 61.4 Å². The number of rotatable bonds is 2. The number of halogens is 2. The largest absolute Gasteiger partial charge is 0.506 e. The van der Waals surface area contributed by atoms with Crippen LogP contribution in [0, 0.1) is 0 Å². The first-order valence-electron chi connectivity index (χ1n) is 6.06. The summed E-state index contributed by atoms with van der Waals surface area (Å²) < 4.78 is 0.817. The minimum absolute atomic E-state index is 0. The van der Waals surface area contributed by atoms with E-state index in [0.717, 1.165) is 30.3 Å². The number of phenolic OH excluding ortho intramolecular Hbond substituents is 1. The molecule has 0 spiro atoms. The summed E-state index contributed by atoms with van der Waals surface area (Å²) in [6.45, 7) is 2.75. The number of anilines is 1. The molecule has 0 bridgehead atoms. The first-order valence-corrected chi connectivity index (χ1v) is 6.85. The van der Waals surface area contributed by atoms with Gasteiger partial charge in [-0.25, -0.2) is 0 Å². The lowest BCUT2D eigenvalue weighted by molar-refractivity contribution is -0.122. The molecule has 0 aliphatic carbocycles. The number of benzene rings is 1. The maximum Gasteiger partial charge on any atom is 0.244 e. The fourth-order valence-corrected chi connectivity index (χ4v) is 2.48. The van der Waals surface area contributed by atoms with Crippen molar-refractivity contribution >= 4 is 39.9 Å². The van der Waals surface area contributed by atoms with Crippen LogP contribution in [0.25, 0.3) is 0 Å². The van der Waals surface area contributed by atoms with Gasteiger partial charge in [0.2, 0.25) is 5.91 Å². The summed E-state index contributed by atoms with van der Waals surface area (Å²) in [5, 5.41) is 15.7.